The Labute approximate surface area is 194 Å². The third-order valence-corrected chi connectivity index (χ3v) is 8.34. The van der Waals surface area contributed by atoms with Gasteiger partial charge in [0.25, 0.3) is 5.91 Å². The molecule has 1 saturated heterocycles. The maximum atomic E-state index is 13.1. The summed E-state index contributed by atoms with van der Waals surface area (Å²) in [6, 6.07) is 4.94. The molecule has 2 aromatic rings. The van der Waals surface area contributed by atoms with Crippen LogP contribution < -0.4 is 10.6 Å². The molecular weight excluding hydrogens is 442 g/mol. The van der Waals surface area contributed by atoms with E-state index in [0.717, 1.165) is 44.9 Å². The van der Waals surface area contributed by atoms with Crippen LogP contribution >= 0.6 is 0 Å². The number of rotatable bonds is 7. The second kappa shape index (κ2) is 10.0. The number of benzene rings is 1. The number of carbonyl (C=O) groups excluding carboxylic acids is 2. The number of nitrogens with one attached hydrogen (secondary N) is 2. The van der Waals surface area contributed by atoms with E-state index < -0.39 is 15.9 Å². The number of hydrogen-bond donors (Lipinski definition) is 2. The number of piperidine rings is 1. The van der Waals surface area contributed by atoms with Crippen molar-refractivity contribution < 1.29 is 18.0 Å². The Morgan fingerprint density at radius 1 is 1.09 bits per heavy atom. The maximum absolute atomic E-state index is 13.1. The second-order valence-corrected chi connectivity index (χ2v) is 10.8. The lowest BCUT2D eigenvalue weighted by atomic mass is 10.1. The van der Waals surface area contributed by atoms with E-state index in [1.807, 2.05) is 0 Å². The summed E-state index contributed by atoms with van der Waals surface area (Å²) in [5, 5.41) is 9.90. The molecule has 1 saturated carbocycles. The zero-order valence-corrected chi connectivity index (χ0v) is 19.7. The van der Waals surface area contributed by atoms with E-state index >= 15 is 0 Å². The molecule has 10 heteroatoms. The van der Waals surface area contributed by atoms with Crippen LogP contribution in [0.4, 0.5) is 5.69 Å². The first kappa shape index (κ1) is 23.4. The average Bonchev–Trinajstić information content (AvgIpc) is 3.46. The first-order chi connectivity index (χ1) is 15.8. The zero-order valence-electron chi connectivity index (χ0n) is 18.9. The summed E-state index contributed by atoms with van der Waals surface area (Å²) in [5.74, 6) is -0.533. The van der Waals surface area contributed by atoms with Crippen molar-refractivity contribution >= 4 is 27.5 Å². The maximum Gasteiger partial charge on any atom is 0.255 e. The molecule has 0 bridgehead atoms. The Morgan fingerprint density at radius 2 is 1.82 bits per heavy atom. The first-order valence-electron chi connectivity index (χ1n) is 11.6. The predicted molar refractivity (Wildman–Crippen MR) is 124 cm³/mol. The molecule has 0 spiro atoms. The van der Waals surface area contributed by atoms with E-state index in [9.17, 15) is 18.0 Å². The summed E-state index contributed by atoms with van der Waals surface area (Å²) in [4.78, 5) is 25.2. The molecule has 2 fully saturated rings. The van der Waals surface area contributed by atoms with Crippen molar-refractivity contribution in [3.63, 3.8) is 0 Å². The van der Waals surface area contributed by atoms with Crippen LogP contribution in [0.25, 0.3) is 0 Å². The Morgan fingerprint density at radius 3 is 2.55 bits per heavy atom. The molecule has 33 heavy (non-hydrogen) atoms. The Balaban J connectivity index is 1.41. The molecule has 1 aliphatic carbocycles. The van der Waals surface area contributed by atoms with Crippen molar-refractivity contribution in [2.24, 2.45) is 0 Å². The molecule has 0 radical (unpaired) electrons. The lowest BCUT2D eigenvalue weighted by Gasteiger charge is -2.26. The third-order valence-electron chi connectivity index (χ3n) is 6.30. The van der Waals surface area contributed by atoms with Gasteiger partial charge < -0.3 is 10.6 Å². The number of carbonyl (C=O) groups is 2. The van der Waals surface area contributed by atoms with Crippen molar-refractivity contribution in [2.45, 2.75) is 69.4 Å². The quantitative estimate of drug-likeness (QED) is 0.642. The van der Waals surface area contributed by atoms with E-state index in [1.54, 1.807) is 25.3 Å². The van der Waals surface area contributed by atoms with Crippen molar-refractivity contribution in [2.75, 3.05) is 18.4 Å². The summed E-state index contributed by atoms with van der Waals surface area (Å²) in [7, 11) is -3.65. The van der Waals surface area contributed by atoms with Crippen molar-refractivity contribution in [3.05, 3.63) is 41.7 Å². The van der Waals surface area contributed by atoms with Gasteiger partial charge in [-0.2, -0.15) is 9.40 Å². The second-order valence-electron chi connectivity index (χ2n) is 8.87. The highest BCUT2D eigenvalue weighted by Gasteiger charge is 2.28. The first-order valence-corrected chi connectivity index (χ1v) is 13.0. The highest BCUT2D eigenvalue weighted by Crippen LogP contribution is 2.25. The van der Waals surface area contributed by atoms with Gasteiger partial charge in [-0.15, -0.1) is 0 Å². The highest BCUT2D eigenvalue weighted by atomic mass is 32.2. The number of aryl methyl sites for hydroxylation is 1. The minimum atomic E-state index is -3.65. The number of sulfonamides is 1. The van der Waals surface area contributed by atoms with Crippen LogP contribution in [0.2, 0.25) is 0 Å². The van der Waals surface area contributed by atoms with Crippen LogP contribution in [-0.4, -0.2) is 53.4 Å². The number of anilines is 1. The Hall–Kier alpha value is -2.72. The van der Waals surface area contributed by atoms with Gasteiger partial charge in [0.1, 0.15) is 6.54 Å². The van der Waals surface area contributed by atoms with Gasteiger partial charge in [0.2, 0.25) is 15.9 Å². The van der Waals surface area contributed by atoms with Crippen molar-refractivity contribution in [1.29, 1.82) is 0 Å². The molecule has 178 valence electrons. The molecular formula is C23H31N5O4S. The largest absolute Gasteiger partial charge is 0.352 e. The molecule has 0 atom stereocenters. The van der Waals surface area contributed by atoms with E-state index in [0.29, 0.717) is 24.3 Å². The fourth-order valence-electron chi connectivity index (χ4n) is 4.47. The highest BCUT2D eigenvalue weighted by molar-refractivity contribution is 7.89. The molecule has 1 aromatic carbocycles. The van der Waals surface area contributed by atoms with E-state index in [4.69, 9.17) is 0 Å². The van der Waals surface area contributed by atoms with E-state index in [-0.39, 0.29) is 29.0 Å². The Bertz CT molecular complexity index is 1120. The van der Waals surface area contributed by atoms with E-state index in [2.05, 4.69) is 15.7 Å². The van der Waals surface area contributed by atoms with Crippen LogP contribution in [0.3, 0.4) is 0 Å². The minimum absolute atomic E-state index is 0.0785. The molecule has 2 amide bonds. The van der Waals surface area contributed by atoms with Crippen molar-refractivity contribution in [3.8, 4) is 0 Å². The molecule has 2 N–H and O–H groups in total. The number of aromatic nitrogens is 2. The lowest BCUT2D eigenvalue weighted by molar-refractivity contribution is -0.122. The standard InChI is InChI=1S/C23H31N5O4S/c1-17-9-10-18(13-21(17)33(31,32)28-11-5-2-6-12-28)23(30)26-20-14-24-27(15-20)16-22(29)25-19-7-3-4-8-19/h9-10,13-15,19H,2-8,11-12,16H2,1H3,(H,25,29)(H,26,30). The normalized spacial score (nSPS) is 17.7. The van der Waals surface area contributed by atoms with Gasteiger partial charge >= 0.3 is 0 Å². The summed E-state index contributed by atoms with van der Waals surface area (Å²) in [5.41, 5.74) is 1.30. The molecule has 1 aliphatic heterocycles. The third kappa shape index (κ3) is 5.62. The van der Waals surface area contributed by atoms with Gasteiger partial charge in [0.05, 0.1) is 16.8 Å². The van der Waals surface area contributed by atoms with Gasteiger partial charge in [0, 0.05) is 30.9 Å². The summed E-state index contributed by atoms with van der Waals surface area (Å²) in [6.45, 7) is 2.83. The SMILES string of the molecule is Cc1ccc(C(=O)Nc2cnn(CC(=O)NC3CCCC3)c2)cc1S(=O)(=O)N1CCCCC1. The molecule has 2 heterocycles. The van der Waals surface area contributed by atoms with Gasteiger partial charge in [-0.1, -0.05) is 25.3 Å². The summed E-state index contributed by atoms with van der Waals surface area (Å²) < 4.78 is 29.2. The number of amides is 2. The average molecular weight is 474 g/mol. The summed E-state index contributed by atoms with van der Waals surface area (Å²) in [6.07, 6.45) is 10.1. The monoisotopic (exact) mass is 473 g/mol. The number of hydrogen-bond acceptors (Lipinski definition) is 5. The summed E-state index contributed by atoms with van der Waals surface area (Å²) >= 11 is 0. The predicted octanol–water partition coefficient (Wildman–Crippen LogP) is 2.68. The fraction of sp³-hybridized carbons (Fsp3) is 0.522. The fourth-order valence-corrected chi connectivity index (χ4v) is 6.24. The lowest BCUT2D eigenvalue weighted by Crippen LogP contribution is -2.36. The minimum Gasteiger partial charge on any atom is -0.352 e. The van der Waals surface area contributed by atoms with Crippen LogP contribution in [0.1, 0.15) is 60.9 Å². The van der Waals surface area contributed by atoms with Crippen LogP contribution in [0, 0.1) is 6.92 Å². The van der Waals surface area contributed by atoms with Crippen LogP contribution in [-0.2, 0) is 21.4 Å². The Kier molecular flexibility index (Phi) is 7.14. The van der Waals surface area contributed by atoms with Gasteiger partial charge in [0.15, 0.2) is 0 Å². The van der Waals surface area contributed by atoms with Gasteiger partial charge in [-0.3, -0.25) is 14.3 Å². The molecule has 2 aliphatic rings. The number of nitrogens with zero attached hydrogens (tertiary/aromatic N) is 3. The topological polar surface area (TPSA) is 113 Å². The molecule has 0 unspecified atom stereocenters. The van der Waals surface area contributed by atoms with Crippen LogP contribution in [0.15, 0.2) is 35.5 Å². The van der Waals surface area contributed by atoms with Crippen molar-refractivity contribution in [1.82, 2.24) is 19.4 Å². The smallest absolute Gasteiger partial charge is 0.255 e. The van der Waals surface area contributed by atoms with Crippen LogP contribution in [0.5, 0.6) is 0 Å². The molecule has 4 rings (SSSR count). The van der Waals surface area contributed by atoms with E-state index in [1.165, 1.54) is 21.3 Å². The molecule has 9 nitrogen and oxygen atoms in total. The van der Waals surface area contributed by atoms with Gasteiger partial charge in [-0.05, 0) is 50.3 Å². The molecule has 1 aromatic heterocycles. The zero-order chi connectivity index (χ0) is 23.4. The van der Waals surface area contributed by atoms with Gasteiger partial charge in [-0.25, -0.2) is 8.42 Å².